The maximum Gasteiger partial charge on any atom is 0.408 e. The molecule has 8 nitrogen and oxygen atoms in total. The van der Waals surface area contributed by atoms with Gasteiger partial charge < -0.3 is 19.4 Å². The Hall–Kier alpha value is -2.33. The molecule has 0 fully saturated rings. The third-order valence-electron chi connectivity index (χ3n) is 3.71. The third kappa shape index (κ3) is 5.83. The number of rotatable bonds is 4. The zero-order valence-electron chi connectivity index (χ0n) is 16.3. The molecule has 0 saturated carbocycles. The highest BCUT2D eigenvalue weighted by molar-refractivity contribution is 9.10. The number of imidazole rings is 1. The summed E-state index contributed by atoms with van der Waals surface area (Å²) in [6.45, 7) is 6.43. The van der Waals surface area contributed by atoms with Crippen molar-refractivity contribution in [2.75, 3.05) is 12.5 Å². The first-order valence-electron chi connectivity index (χ1n) is 8.88. The first-order valence-corrected chi connectivity index (χ1v) is 10.7. The molecule has 0 atom stereocenters. The number of ether oxygens (including phenoxy) is 2. The fourth-order valence-electron chi connectivity index (χ4n) is 2.56. The van der Waals surface area contributed by atoms with E-state index in [-0.39, 0.29) is 11.6 Å². The molecule has 0 unspecified atom stereocenters. The predicted octanol–water partition coefficient (Wildman–Crippen LogP) is 4.09. The van der Waals surface area contributed by atoms with Crippen LogP contribution in [0.25, 0.3) is 11.4 Å². The SMILES string of the molecule is CC(C)(C)OC(=O)NCS/C=N/C(=O)c1cn2c(n1)-c1ccc(Br)cc1OCC2. The quantitative estimate of drug-likeness (QED) is 0.306. The maximum absolute atomic E-state index is 12.4. The van der Waals surface area contributed by atoms with Gasteiger partial charge in [0.2, 0.25) is 0 Å². The number of hydrogen-bond donors (Lipinski definition) is 1. The van der Waals surface area contributed by atoms with Crippen LogP contribution in [0.5, 0.6) is 5.75 Å². The third-order valence-corrected chi connectivity index (χ3v) is 4.77. The Balaban J connectivity index is 1.61. The molecule has 154 valence electrons. The number of thioether (sulfide) groups is 1. The van der Waals surface area contributed by atoms with E-state index >= 15 is 0 Å². The smallest absolute Gasteiger partial charge is 0.408 e. The minimum atomic E-state index is -0.558. The lowest BCUT2D eigenvalue weighted by molar-refractivity contribution is 0.0538. The second-order valence-electron chi connectivity index (χ2n) is 7.16. The van der Waals surface area contributed by atoms with Gasteiger partial charge in [0.15, 0.2) is 0 Å². The Labute approximate surface area is 181 Å². The van der Waals surface area contributed by atoms with Crippen molar-refractivity contribution in [1.82, 2.24) is 14.9 Å². The Bertz CT molecular complexity index is 952. The summed E-state index contributed by atoms with van der Waals surface area (Å²) in [5.74, 6) is 1.18. The van der Waals surface area contributed by atoms with Crippen molar-refractivity contribution >= 4 is 45.2 Å². The molecule has 0 saturated heterocycles. The van der Waals surface area contributed by atoms with Gasteiger partial charge in [0, 0.05) is 10.7 Å². The molecule has 1 aromatic carbocycles. The van der Waals surface area contributed by atoms with E-state index in [0.29, 0.717) is 19.0 Å². The molecule has 0 aliphatic carbocycles. The van der Waals surface area contributed by atoms with E-state index in [1.54, 1.807) is 27.0 Å². The van der Waals surface area contributed by atoms with Gasteiger partial charge in [-0.1, -0.05) is 27.7 Å². The van der Waals surface area contributed by atoms with Crippen LogP contribution in [0, 0.1) is 0 Å². The molecule has 2 aromatic rings. The van der Waals surface area contributed by atoms with Gasteiger partial charge >= 0.3 is 6.09 Å². The number of aromatic nitrogens is 2. The average Bonchev–Trinajstić information content (AvgIpc) is 2.97. The van der Waals surface area contributed by atoms with Crippen LogP contribution in [0.3, 0.4) is 0 Å². The van der Waals surface area contributed by atoms with E-state index in [0.717, 1.165) is 15.8 Å². The van der Waals surface area contributed by atoms with Crippen LogP contribution in [0.4, 0.5) is 4.79 Å². The summed E-state index contributed by atoms with van der Waals surface area (Å²) in [6, 6.07) is 5.69. The highest BCUT2D eigenvalue weighted by atomic mass is 79.9. The summed E-state index contributed by atoms with van der Waals surface area (Å²) in [5.41, 5.74) is 1.91. The topological polar surface area (TPSA) is 94.8 Å². The number of amides is 2. The maximum atomic E-state index is 12.4. The van der Waals surface area contributed by atoms with Crippen molar-refractivity contribution in [2.45, 2.75) is 32.9 Å². The minimum absolute atomic E-state index is 0.241. The fourth-order valence-corrected chi connectivity index (χ4v) is 3.35. The number of aliphatic imine (C=N–C) groups is 1. The Morgan fingerprint density at radius 1 is 1.45 bits per heavy atom. The van der Waals surface area contributed by atoms with Crippen LogP contribution >= 0.6 is 27.7 Å². The van der Waals surface area contributed by atoms with Gasteiger partial charge in [0.05, 0.1) is 23.5 Å². The van der Waals surface area contributed by atoms with Gasteiger partial charge in [-0.25, -0.2) is 14.8 Å². The van der Waals surface area contributed by atoms with Crippen LogP contribution < -0.4 is 10.1 Å². The molecule has 0 radical (unpaired) electrons. The molecule has 2 heterocycles. The van der Waals surface area contributed by atoms with E-state index < -0.39 is 17.6 Å². The summed E-state index contributed by atoms with van der Waals surface area (Å²) in [7, 11) is 0. The van der Waals surface area contributed by atoms with E-state index in [2.05, 4.69) is 31.2 Å². The first kappa shape index (κ1) is 21.4. The largest absolute Gasteiger partial charge is 0.491 e. The Kier molecular flexibility index (Phi) is 6.63. The molecule has 3 rings (SSSR count). The molecular weight excluding hydrogens is 460 g/mol. The van der Waals surface area contributed by atoms with Crippen molar-refractivity contribution in [1.29, 1.82) is 0 Å². The van der Waals surface area contributed by atoms with Crippen LogP contribution in [0.1, 0.15) is 31.3 Å². The van der Waals surface area contributed by atoms with Gasteiger partial charge in [0.1, 0.15) is 29.5 Å². The first-order chi connectivity index (χ1) is 13.7. The number of nitrogens with zero attached hydrogens (tertiary/aromatic N) is 3. The molecule has 0 spiro atoms. The van der Waals surface area contributed by atoms with Gasteiger partial charge in [-0.3, -0.25) is 4.79 Å². The van der Waals surface area contributed by atoms with E-state index in [9.17, 15) is 9.59 Å². The number of hydrogen-bond acceptors (Lipinski definition) is 6. The van der Waals surface area contributed by atoms with Crippen LogP contribution in [0.15, 0.2) is 33.9 Å². The zero-order chi connectivity index (χ0) is 21.0. The normalized spacial score (nSPS) is 13.2. The molecule has 1 aliphatic rings. The van der Waals surface area contributed by atoms with Crippen LogP contribution in [-0.4, -0.2) is 45.2 Å². The number of carbonyl (C=O) groups excluding carboxylic acids is 2. The van der Waals surface area contributed by atoms with E-state index in [1.807, 2.05) is 22.8 Å². The lowest BCUT2D eigenvalue weighted by atomic mass is 10.2. The number of nitrogens with one attached hydrogen (secondary N) is 1. The predicted molar refractivity (Wildman–Crippen MR) is 116 cm³/mol. The molecule has 2 amide bonds. The molecule has 1 aliphatic heterocycles. The summed E-state index contributed by atoms with van der Waals surface area (Å²) in [6.07, 6.45) is 1.16. The lowest BCUT2D eigenvalue weighted by Gasteiger charge is -2.19. The summed E-state index contributed by atoms with van der Waals surface area (Å²) in [5, 5.41) is 2.58. The Morgan fingerprint density at radius 2 is 2.24 bits per heavy atom. The van der Waals surface area contributed by atoms with E-state index in [1.165, 1.54) is 17.3 Å². The number of carbonyl (C=O) groups is 2. The van der Waals surface area contributed by atoms with Crippen molar-refractivity contribution in [3.63, 3.8) is 0 Å². The van der Waals surface area contributed by atoms with Crippen molar-refractivity contribution in [3.8, 4) is 17.1 Å². The highest BCUT2D eigenvalue weighted by Gasteiger charge is 2.21. The summed E-state index contributed by atoms with van der Waals surface area (Å²) >= 11 is 4.61. The van der Waals surface area contributed by atoms with Gasteiger partial charge in [0.25, 0.3) is 5.91 Å². The molecular formula is C19H21BrN4O4S. The minimum Gasteiger partial charge on any atom is -0.491 e. The van der Waals surface area contributed by atoms with Crippen molar-refractivity contribution in [3.05, 3.63) is 34.6 Å². The standard InChI is InChI=1S/C19H21BrN4O4S/c1-19(2,3)28-18(26)22-11-29-10-21-17(25)14-9-24-6-7-27-15-8-12(20)4-5-13(15)16(24)23-14/h4-5,8-10H,6-7,11H2,1-3H3,(H,22,26)/b21-10+. The average molecular weight is 481 g/mol. The number of benzene rings is 1. The molecule has 10 heteroatoms. The van der Waals surface area contributed by atoms with Gasteiger partial charge in [-0.2, -0.15) is 0 Å². The second-order valence-corrected chi connectivity index (χ2v) is 8.91. The molecule has 1 N–H and O–H groups in total. The van der Waals surface area contributed by atoms with E-state index in [4.69, 9.17) is 9.47 Å². The zero-order valence-corrected chi connectivity index (χ0v) is 18.7. The van der Waals surface area contributed by atoms with Crippen molar-refractivity contribution in [2.24, 2.45) is 4.99 Å². The molecule has 29 heavy (non-hydrogen) atoms. The number of alkyl carbamates (subject to hydrolysis) is 1. The molecule has 0 bridgehead atoms. The monoisotopic (exact) mass is 480 g/mol. The fraction of sp³-hybridized carbons (Fsp3) is 0.368. The lowest BCUT2D eigenvalue weighted by Crippen LogP contribution is -2.32. The van der Waals surface area contributed by atoms with Crippen LogP contribution in [-0.2, 0) is 11.3 Å². The Morgan fingerprint density at radius 3 is 3.00 bits per heavy atom. The summed E-state index contributed by atoms with van der Waals surface area (Å²) < 4.78 is 13.7. The second kappa shape index (κ2) is 9.00. The number of fused-ring (bicyclic) bond motifs is 3. The van der Waals surface area contributed by atoms with Gasteiger partial charge in [-0.15, -0.1) is 0 Å². The van der Waals surface area contributed by atoms with Crippen molar-refractivity contribution < 1.29 is 19.1 Å². The van der Waals surface area contributed by atoms with Crippen LogP contribution in [0.2, 0.25) is 0 Å². The highest BCUT2D eigenvalue weighted by Crippen LogP contribution is 2.34. The number of halogens is 1. The summed E-state index contributed by atoms with van der Waals surface area (Å²) in [4.78, 5) is 32.3. The van der Waals surface area contributed by atoms with Gasteiger partial charge in [-0.05, 0) is 39.0 Å². The molecule has 1 aromatic heterocycles.